The summed E-state index contributed by atoms with van der Waals surface area (Å²) in [4.78, 5) is 9.44. The van der Waals surface area contributed by atoms with Gasteiger partial charge >= 0.3 is 0 Å². The first-order chi connectivity index (χ1) is 8.28. The van der Waals surface area contributed by atoms with Crippen LogP contribution in [0.25, 0.3) is 0 Å². The van der Waals surface area contributed by atoms with Crippen molar-refractivity contribution in [3.63, 3.8) is 0 Å². The summed E-state index contributed by atoms with van der Waals surface area (Å²) in [5.41, 5.74) is 0. The van der Waals surface area contributed by atoms with E-state index in [1.54, 1.807) is 17.7 Å². The smallest absolute Gasteiger partial charge is 0.131 e. The number of nitrogens with zero attached hydrogens (tertiary/aromatic N) is 2. The fourth-order valence-electron chi connectivity index (χ4n) is 1.36. The quantitative estimate of drug-likeness (QED) is 0.874. The topological polar surface area (TPSA) is 49.8 Å². The average Bonchev–Trinajstić information content (AvgIpc) is 2.74. The van der Waals surface area contributed by atoms with Crippen molar-refractivity contribution in [2.45, 2.75) is 13.5 Å². The molecule has 4 nitrogen and oxygen atoms in total. The average molecular weight is 269 g/mol. The molecule has 90 valence electrons. The monoisotopic (exact) mass is 268 g/mol. The van der Waals surface area contributed by atoms with Crippen LogP contribution in [-0.2, 0) is 6.54 Å². The van der Waals surface area contributed by atoms with Crippen molar-refractivity contribution >= 4 is 34.6 Å². The molecule has 0 aliphatic rings. The van der Waals surface area contributed by atoms with Gasteiger partial charge in [0.25, 0.3) is 0 Å². The minimum atomic E-state index is 0.722. The van der Waals surface area contributed by atoms with Crippen LogP contribution in [0.5, 0.6) is 0 Å². The standard InChI is InChI=1S/C11H13ClN4S/c1-2-13-10-5-11(16-7-15-10)14-6-8-3-4-9(12)17-8/h3-5,7H,2,6H2,1H3,(H2,13,14,15,16). The van der Waals surface area contributed by atoms with E-state index in [-0.39, 0.29) is 0 Å². The lowest BCUT2D eigenvalue weighted by atomic mass is 10.4. The van der Waals surface area contributed by atoms with E-state index in [4.69, 9.17) is 11.6 Å². The molecule has 0 fully saturated rings. The SMILES string of the molecule is CCNc1cc(NCc2ccc(Cl)s2)ncn1. The Balaban J connectivity index is 1.96. The van der Waals surface area contributed by atoms with Gasteiger partial charge in [0, 0.05) is 17.5 Å². The van der Waals surface area contributed by atoms with Crippen molar-refractivity contribution in [1.82, 2.24) is 9.97 Å². The molecule has 0 atom stereocenters. The van der Waals surface area contributed by atoms with Gasteiger partial charge in [-0.25, -0.2) is 9.97 Å². The van der Waals surface area contributed by atoms with Crippen LogP contribution in [0.15, 0.2) is 24.5 Å². The zero-order chi connectivity index (χ0) is 12.1. The molecule has 0 spiro atoms. The molecule has 6 heteroatoms. The Kier molecular flexibility index (Phi) is 4.17. The molecule has 2 aromatic rings. The van der Waals surface area contributed by atoms with Gasteiger partial charge in [-0.15, -0.1) is 11.3 Å². The summed E-state index contributed by atoms with van der Waals surface area (Å²) >= 11 is 7.43. The number of hydrogen-bond donors (Lipinski definition) is 2. The Morgan fingerprint density at radius 3 is 2.65 bits per heavy atom. The molecule has 17 heavy (non-hydrogen) atoms. The van der Waals surface area contributed by atoms with Gasteiger partial charge in [0.05, 0.1) is 10.9 Å². The molecule has 0 aliphatic carbocycles. The summed E-state index contributed by atoms with van der Waals surface area (Å²) in [6.07, 6.45) is 1.54. The Labute approximate surface area is 109 Å². The molecule has 2 aromatic heterocycles. The maximum atomic E-state index is 5.86. The van der Waals surface area contributed by atoms with Crippen molar-refractivity contribution in [1.29, 1.82) is 0 Å². The molecule has 0 saturated heterocycles. The van der Waals surface area contributed by atoms with Crippen molar-refractivity contribution in [2.75, 3.05) is 17.2 Å². The second-order valence-electron chi connectivity index (χ2n) is 3.38. The maximum Gasteiger partial charge on any atom is 0.131 e. The lowest BCUT2D eigenvalue weighted by Gasteiger charge is -2.06. The van der Waals surface area contributed by atoms with E-state index in [2.05, 4.69) is 20.6 Å². The first kappa shape index (κ1) is 12.1. The normalized spacial score (nSPS) is 10.2. The molecular weight excluding hydrogens is 256 g/mol. The Morgan fingerprint density at radius 1 is 1.24 bits per heavy atom. The van der Waals surface area contributed by atoms with Gasteiger partial charge in [-0.1, -0.05) is 11.6 Å². The zero-order valence-electron chi connectivity index (χ0n) is 9.40. The minimum Gasteiger partial charge on any atom is -0.370 e. The second kappa shape index (κ2) is 5.84. The molecule has 0 aromatic carbocycles. The van der Waals surface area contributed by atoms with Gasteiger partial charge in [0.1, 0.15) is 18.0 Å². The Bertz CT molecular complexity index is 486. The number of halogens is 1. The predicted octanol–water partition coefficient (Wildman–Crippen LogP) is 3.24. The Morgan fingerprint density at radius 2 is 2.00 bits per heavy atom. The van der Waals surface area contributed by atoms with Crippen LogP contribution in [0, 0.1) is 0 Å². The molecule has 0 aliphatic heterocycles. The van der Waals surface area contributed by atoms with Crippen molar-refractivity contribution in [2.24, 2.45) is 0 Å². The maximum absolute atomic E-state index is 5.86. The summed E-state index contributed by atoms with van der Waals surface area (Å²) in [7, 11) is 0. The van der Waals surface area contributed by atoms with E-state index < -0.39 is 0 Å². The molecular formula is C11H13ClN4S. The van der Waals surface area contributed by atoms with E-state index >= 15 is 0 Å². The Hall–Kier alpha value is -1.33. The van der Waals surface area contributed by atoms with Crippen LogP contribution >= 0.6 is 22.9 Å². The molecule has 0 radical (unpaired) electrons. The fourth-order valence-corrected chi connectivity index (χ4v) is 2.38. The third-order valence-corrected chi connectivity index (χ3v) is 3.33. The highest BCUT2D eigenvalue weighted by molar-refractivity contribution is 7.16. The lowest BCUT2D eigenvalue weighted by molar-refractivity contribution is 1.08. The number of aromatic nitrogens is 2. The highest BCUT2D eigenvalue weighted by Gasteiger charge is 2.00. The van der Waals surface area contributed by atoms with Gasteiger partial charge in [0.15, 0.2) is 0 Å². The fraction of sp³-hybridized carbons (Fsp3) is 0.273. The van der Waals surface area contributed by atoms with Gasteiger partial charge in [-0.3, -0.25) is 0 Å². The molecule has 0 unspecified atom stereocenters. The largest absolute Gasteiger partial charge is 0.370 e. The first-order valence-corrected chi connectivity index (χ1v) is 6.51. The van der Waals surface area contributed by atoms with Crippen molar-refractivity contribution < 1.29 is 0 Å². The molecule has 2 heterocycles. The van der Waals surface area contributed by atoms with Crippen LogP contribution in [0.3, 0.4) is 0 Å². The molecule has 0 bridgehead atoms. The number of rotatable bonds is 5. The van der Waals surface area contributed by atoms with Gasteiger partial charge in [-0.05, 0) is 19.1 Å². The molecule has 2 N–H and O–H groups in total. The highest BCUT2D eigenvalue weighted by atomic mass is 35.5. The summed E-state index contributed by atoms with van der Waals surface area (Å²) in [5, 5.41) is 6.37. The van der Waals surface area contributed by atoms with Crippen molar-refractivity contribution in [3.8, 4) is 0 Å². The third-order valence-electron chi connectivity index (χ3n) is 2.10. The number of thiophene rings is 1. The predicted molar refractivity (Wildman–Crippen MR) is 72.9 cm³/mol. The molecule has 0 saturated carbocycles. The zero-order valence-corrected chi connectivity index (χ0v) is 11.0. The molecule has 0 amide bonds. The van der Waals surface area contributed by atoms with Gasteiger partial charge in [0.2, 0.25) is 0 Å². The van der Waals surface area contributed by atoms with E-state index in [0.717, 1.165) is 29.1 Å². The third kappa shape index (κ3) is 3.57. The van der Waals surface area contributed by atoms with E-state index in [9.17, 15) is 0 Å². The highest BCUT2D eigenvalue weighted by Crippen LogP contribution is 2.22. The number of hydrogen-bond acceptors (Lipinski definition) is 5. The minimum absolute atomic E-state index is 0.722. The summed E-state index contributed by atoms with van der Waals surface area (Å²) in [5.74, 6) is 1.63. The van der Waals surface area contributed by atoms with Crippen LogP contribution < -0.4 is 10.6 Å². The van der Waals surface area contributed by atoms with Crippen LogP contribution in [-0.4, -0.2) is 16.5 Å². The molecule has 2 rings (SSSR count). The number of anilines is 2. The first-order valence-electron chi connectivity index (χ1n) is 5.32. The lowest BCUT2D eigenvalue weighted by Crippen LogP contribution is -2.03. The summed E-state index contributed by atoms with van der Waals surface area (Å²) < 4.78 is 0.804. The number of nitrogens with one attached hydrogen (secondary N) is 2. The summed E-state index contributed by atoms with van der Waals surface area (Å²) in [6, 6.07) is 5.79. The van der Waals surface area contributed by atoms with Gasteiger partial charge in [-0.2, -0.15) is 0 Å². The van der Waals surface area contributed by atoms with Crippen LogP contribution in [0.1, 0.15) is 11.8 Å². The second-order valence-corrected chi connectivity index (χ2v) is 5.18. The van der Waals surface area contributed by atoms with Gasteiger partial charge < -0.3 is 10.6 Å². The summed E-state index contributed by atoms with van der Waals surface area (Å²) in [6.45, 7) is 3.60. The van der Waals surface area contributed by atoms with E-state index in [0.29, 0.717) is 0 Å². The van der Waals surface area contributed by atoms with Crippen LogP contribution in [0.4, 0.5) is 11.6 Å². The van der Waals surface area contributed by atoms with Crippen molar-refractivity contribution in [3.05, 3.63) is 33.7 Å². The van der Waals surface area contributed by atoms with Crippen LogP contribution in [0.2, 0.25) is 4.34 Å². The van der Waals surface area contributed by atoms with E-state index in [1.807, 2.05) is 25.1 Å². The van der Waals surface area contributed by atoms with E-state index in [1.165, 1.54) is 4.88 Å².